The van der Waals surface area contributed by atoms with Crippen LogP contribution in [0.2, 0.25) is 5.15 Å². The molecule has 17 heavy (non-hydrogen) atoms. The van der Waals surface area contributed by atoms with Gasteiger partial charge in [0.2, 0.25) is 0 Å². The van der Waals surface area contributed by atoms with Gasteiger partial charge in [0.1, 0.15) is 5.15 Å². The van der Waals surface area contributed by atoms with Crippen molar-refractivity contribution < 1.29 is 4.92 Å². The smallest absolute Gasteiger partial charge is 0.258 e. The molecule has 0 aliphatic heterocycles. The predicted molar refractivity (Wildman–Crippen MR) is 67.5 cm³/mol. The van der Waals surface area contributed by atoms with Crippen molar-refractivity contribution >= 4 is 28.2 Å². The number of rotatable bonds is 2. The first-order valence-corrected chi connectivity index (χ1v) is 5.65. The number of benzene rings is 1. The van der Waals surface area contributed by atoms with Gasteiger partial charge in [-0.1, -0.05) is 18.5 Å². The van der Waals surface area contributed by atoms with Crippen molar-refractivity contribution in [3.63, 3.8) is 0 Å². The van der Waals surface area contributed by atoms with Crippen molar-refractivity contribution in [3.05, 3.63) is 44.6 Å². The zero-order chi connectivity index (χ0) is 12.6. The number of aryl methyl sites for hydroxylation is 2. The van der Waals surface area contributed by atoms with Gasteiger partial charge >= 0.3 is 0 Å². The summed E-state index contributed by atoms with van der Waals surface area (Å²) in [7, 11) is 0. The number of hydrogen-bond donors (Lipinski definition) is 0. The van der Waals surface area contributed by atoms with E-state index < -0.39 is 4.92 Å². The monoisotopic (exact) mass is 250 g/mol. The van der Waals surface area contributed by atoms with Crippen LogP contribution in [0.15, 0.2) is 18.2 Å². The Bertz CT molecular complexity index is 611. The van der Waals surface area contributed by atoms with E-state index in [2.05, 4.69) is 4.98 Å². The molecule has 1 heterocycles. The van der Waals surface area contributed by atoms with E-state index in [-0.39, 0.29) is 5.69 Å². The fourth-order valence-electron chi connectivity index (χ4n) is 1.82. The minimum atomic E-state index is -0.396. The number of hydrogen-bond acceptors (Lipinski definition) is 3. The zero-order valence-electron chi connectivity index (χ0n) is 9.53. The van der Waals surface area contributed by atoms with Crippen LogP contribution >= 0.6 is 11.6 Å². The summed E-state index contributed by atoms with van der Waals surface area (Å²) in [4.78, 5) is 14.7. The summed E-state index contributed by atoms with van der Waals surface area (Å²) in [5.74, 6) is 0. The van der Waals surface area contributed by atoms with Crippen LogP contribution in [0.3, 0.4) is 0 Å². The van der Waals surface area contributed by atoms with Gasteiger partial charge in [0.25, 0.3) is 5.69 Å². The fourth-order valence-corrected chi connectivity index (χ4v) is 2.09. The second kappa shape index (κ2) is 4.30. The molecule has 0 spiro atoms. The molecule has 4 nitrogen and oxygen atoms in total. The summed E-state index contributed by atoms with van der Waals surface area (Å²) in [6.45, 7) is 3.77. The highest BCUT2D eigenvalue weighted by atomic mass is 35.5. The van der Waals surface area contributed by atoms with Crippen molar-refractivity contribution in [2.75, 3.05) is 0 Å². The van der Waals surface area contributed by atoms with E-state index >= 15 is 0 Å². The largest absolute Gasteiger partial charge is 0.270 e. The van der Waals surface area contributed by atoms with E-state index in [1.54, 1.807) is 6.92 Å². The van der Waals surface area contributed by atoms with Gasteiger partial charge in [-0.3, -0.25) is 10.1 Å². The van der Waals surface area contributed by atoms with E-state index in [0.717, 1.165) is 28.5 Å². The molecule has 0 aliphatic rings. The van der Waals surface area contributed by atoms with Crippen molar-refractivity contribution in [1.29, 1.82) is 0 Å². The second-order valence-corrected chi connectivity index (χ2v) is 4.24. The maximum absolute atomic E-state index is 10.8. The van der Waals surface area contributed by atoms with Crippen molar-refractivity contribution in [2.24, 2.45) is 0 Å². The van der Waals surface area contributed by atoms with Gasteiger partial charge in [-0.05, 0) is 30.5 Å². The molecule has 2 rings (SSSR count). The molecule has 5 heteroatoms. The third-order valence-corrected chi connectivity index (χ3v) is 3.04. The molecule has 0 amide bonds. The van der Waals surface area contributed by atoms with Gasteiger partial charge < -0.3 is 0 Å². The van der Waals surface area contributed by atoms with E-state index in [4.69, 9.17) is 11.6 Å². The Balaban J connectivity index is 2.78. The highest BCUT2D eigenvalue weighted by Crippen LogP contribution is 2.27. The lowest BCUT2D eigenvalue weighted by atomic mass is 10.1. The Labute approximate surface area is 103 Å². The van der Waals surface area contributed by atoms with Crippen LogP contribution in [-0.4, -0.2) is 9.91 Å². The van der Waals surface area contributed by atoms with Gasteiger partial charge in [-0.25, -0.2) is 4.98 Å². The summed E-state index contributed by atoms with van der Waals surface area (Å²) in [5, 5.41) is 12.0. The molecule has 88 valence electrons. The molecule has 0 fully saturated rings. The molecular weight excluding hydrogens is 240 g/mol. The number of pyridine rings is 1. The van der Waals surface area contributed by atoms with Crippen molar-refractivity contribution in [3.8, 4) is 0 Å². The van der Waals surface area contributed by atoms with Crippen LogP contribution < -0.4 is 0 Å². The van der Waals surface area contributed by atoms with Gasteiger partial charge in [0.05, 0.1) is 10.4 Å². The van der Waals surface area contributed by atoms with Gasteiger partial charge in [-0.2, -0.15) is 0 Å². The number of non-ortho nitro benzene ring substituents is 1. The standard InChI is InChI=1S/C12H11ClN2O2/c1-3-8-5-9-6-10(15(16)17)4-7(2)11(9)14-12(8)13/h4-6H,3H2,1-2H3. The molecule has 0 radical (unpaired) electrons. The summed E-state index contributed by atoms with van der Waals surface area (Å²) in [6.07, 6.45) is 0.753. The first-order chi connectivity index (χ1) is 8.02. The molecule has 0 saturated heterocycles. The van der Waals surface area contributed by atoms with E-state index in [9.17, 15) is 10.1 Å². The fraction of sp³-hybridized carbons (Fsp3) is 0.250. The average molecular weight is 251 g/mol. The first-order valence-electron chi connectivity index (χ1n) is 5.27. The maximum atomic E-state index is 10.8. The Morgan fingerprint density at radius 1 is 1.41 bits per heavy atom. The molecule has 0 saturated carbocycles. The van der Waals surface area contributed by atoms with Crippen molar-refractivity contribution in [1.82, 2.24) is 4.98 Å². The van der Waals surface area contributed by atoms with Crippen LogP contribution in [0.1, 0.15) is 18.1 Å². The van der Waals surface area contributed by atoms with E-state index in [1.165, 1.54) is 12.1 Å². The van der Waals surface area contributed by atoms with Crippen molar-refractivity contribution in [2.45, 2.75) is 20.3 Å². The Morgan fingerprint density at radius 3 is 2.71 bits per heavy atom. The van der Waals surface area contributed by atoms with E-state index in [1.807, 2.05) is 13.0 Å². The Kier molecular flexibility index (Phi) is 2.98. The average Bonchev–Trinajstić information content (AvgIpc) is 2.29. The highest BCUT2D eigenvalue weighted by Gasteiger charge is 2.12. The third-order valence-electron chi connectivity index (χ3n) is 2.71. The Hall–Kier alpha value is -1.68. The Morgan fingerprint density at radius 2 is 2.12 bits per heavy atom. The lowest BCUT2D eigenvalue weighted by molar-refractivity contribution is -0.384. The molecule has 1 aromatic carbocycles. The molecule has 0 aliphatic carbocycles. The van der Waals surface area contributed by atoms with Gasteiger partial charge in [0.15, 0.2) is 0 Å². The van der Waals surface area contributed by atoms with Crippen LogP contribution in [0.5, 0.6) is 0 Å². The van der Waals surface area contributed by atoms with Gasteiger partial charge in [-0.15, -0.1) is 0 Å². The lowest BCUT2D eigenvalue weighted by Crippen LogP contribution is -1.94. The summed E-state index contributed by atoms with van der Waals surface area (Å²) in [5.41, 5.74) is 2.47. The number of nitro groups is 1. The third kappa shape index (κ3) is 2.08. The minimum absolute atomic E-state index is 0.0844. The predicted octanol–water partition coefficient (Wildman–Crippen LogP) is 3.67. The van der Waals surface area contributed by atoms with Crippen LogP contribution in [-0.2, 0) is 6.42 Å². The zero-order valence-corrected chi connectivity index (χ0v) is 10.3. The number of aromatic nitrogens is 1. The number of nitro benzene ring substituents is 1. The number of halogens is 1. The normalized spacial score (nSPS) is 10.8. The van der Waals surface area contributed by atoms with E-state index in [0.29, 0.717) is 5.15 Å². The summed E-state index contributed by atoms with van der Waals surface area (Å²) < 4.78 is 0. The summed E-state index contributed by atoms with van der Waals surface area (Å²) in [6, 6.07) is 4.91. The lowest BCUT2D eigenvalue weighted by Gasteiger charge is -2.06. The molecule has 1 aromatic heterocycles. The first kappa shape index (κ1) is 11.8. The van der Waals surface area contributed by atoms with Crippen LogP contribution in [0.4, 0.5) is 5.69 Å². The molecule has 0 unspecified atom stereocenters. The molecule has 0 N–H and O–H groups in total. The second-order valence-electron chi connectivity index (χ2n) is 3.88. The highest BCUT2D eigenvalue weighted by molar-refractivity contribution is 6.30. The topological polar surface area (TPSA) is 56.0 Å². The molecule has 2 aromatic rings. The number of fused-ring (bicyclic) bond motifs is 1. The maximum Gasteiger partial charge on any atom is 0.270 e. The van der Waals surface area contributed by atoms with Crippen LogP contribution in [0.25, 0.3) is 10.9 Å². The van der Waals surface area contributed by atoms with Gasteiger partial charge in [0, 0.05) is 17.5 Å². The molecular formula is C12H11ClN2O2. The quantitative estimate of drug-likeness (QED) is 0.464. The molecule has 0 atom stereocenters. The SMILES string of the molecule is CCc1cc2cc([N+](=O)[O-])cc(C)c2nc1Cl. The summed E-state index contributed by atoms with van der Waals surface area (Å²) >= 11 is 6.03. The number of nitrogens with zero attached hydrogens (tertiary/aromatic N) is 2. The van der Waals surface area contributed by atoms with Crippen LogP contribution in [0, 0.1) is 17.0 Å². The minimum Gasteiger partial charge on any atom is -0.258 e. The molecule has 0 bridgehead atoms.